The summed E-state index contributed by atoms with van der Waals surface area (Å²) in [6.45, 7) is 9.25. The van der Waals surface area contributed by atoms with Gasteiger partial charge in [0.1, 0.15) is 0 Å². The fourth-order valence-corrected chi connectivity index (χ4v) is 2.92. The number of unbranched alkanes of at least 4 members (excludes halogenated alkanes) is 11. The van der Waals surface area contributed by atoms with Crippen LogP contribution in [-0.2, 0) is 0 Å². The lowest BCUT2D eigenvalue weighted by Gasteiger charge is -2.08. The second-order valence-electron chi connectivity index (χ2n) is 7.43. The smallest absolute Gasteiger partial charge is 0.0262 e. The van der Waals surface area contributed by atoms with Gasteiger partial charge in [-0.25, -0.2) is 0 Å². The average Bonchev–Trinajstić information content (AvgIpc) is 2.53. The van der Waals surface area contributed by atoms with Crippen molar-refractivity contribution < 1.29 is 0 Å². The summed E-state index contributed by atoms with van der Waals surface area (Å²) in [4.78, 5) is 0. The zero-order valence-electron chi connectivity index (χ0n) is 16.2. The van der Waals surface area contributed by atoms with Gasteiger partial charge in [0.15, 0.2) is 0 Å². The molecule has 0 saturated heterocycles. The van der Waals surface area contributed by atoms with Crippen LogP contribution in [0.3, 0.4) is 0 Å². The molecule has 132 valence electrons. The SMILES string of the molecule is CCCCCCCCCCCCCC[C@H](C)/C=C\[C@H](C)CC. The number of allylic oxidation sites excluding steroid dienone is 2. The first-order chi connectivity index (χ1) is 10.7. The minimum absolute atomic E-state index is 0.754. The third kappa shape index (κ3) is 16.1. The molecule has 0 heteroatoms. The highest BCUT2D eigenvalue weighted by Crippen LogP contribution is 2.15. The molecular formula is C22H44. The molecule has 0 aromatic heterocycles. The second kappa shape index (κ2) is 17.1. The van der Waals surface area contributed by atoms with Crippen LogP contribution in [0, 0.1) is 11.8 Å². The molecule has 22 heavy (non-hydrogen) atoms. The summed E-state index contributed by atoms with van der Waals surface area (Å²) in [5, 5.41) is 0. The fraction of sp³-hybridized carbons (Fsp3) is 0.909. The van der Waals surface area contributed by atoms with E-state index in [2.05, 4.69) is 39.8 Å². The summed E-state index contributed by atoms with van der Waals surface area (Å²) in [7, 11) is 0. The van der Waals surface area contributed by atoms with Crippen LogP contribution in [0.5, 0.6) is 0 Å². The molecular weight excluding hydrogens is 264 g/mol. The van der Waals surface area contributed by atoms with Gasteiger partial charge in [0.05, 0.1) is 0 Å². The van der Waals surface area contributed by atoms with Gasteiger partial charge in [0, 0.05) is 0 Å². The summed E-state index contributed by atoms with van der Waals surface area (Å²) < 4.78 is 0. The minimum atomic E-state index is 0.754. The monoisotopic (exact) mass is 308 g/mol. The molecule has 0 aliphatic rings. The third-order valence-electron chi connectivity index (χ3n) is 4.93. The first-order valence-corrected chi connectivity index (χ1v) is 10.4. The number of hydrogen-bond donors (Lipinski definition) is 0. The van der Waals surface area contributed by atoms with E-state index in [1.54, 1.807) is 0 Å². The summed E-state index contributed by atoms with van der Waals surface area (Å²) in [5.74, 6) is 1.53. The maximum Gasteiger partial charge on any atom is -0.0262 e. The van der Waals surface area contributed by atoms with Crippen molar-refractivity contribution in [3.63, 3.8) is 0 Å². The lowest BCUT2D eigenvalue weighted by Crippen LogP contribution is -1.92. The fourth-order valence-electron chi connectivity index (χ4n) is 2.92. The Morgan fingerprint density at radius 2 is 0.955 bits per heavy atom. The predicted octanol–water partition coefficient (Wildman–Crippen LogP) is 8.32. The average molecular weight is 309 g/mol. The molecule has 0 rings (SSSR count). The number of rotatable bonds is 16. The third-order valence-corrected chi connectivity index (χ3v) is 4.93. The van der Waals surface area contributed by atoms with Crippen molar-refractivity contribution in [3.05, 3.63) is 12.2 Å². The lowest BCUT2D eigenvalue weighted by molar-refractivity contribution is 0.520. The highest BCUT2D eigenvalue weighted by molar-refractivity contribution is 4.89. The van der Waals surface area contributed by atoms with E-state index >= 15 is 0 Å². The van der Waals surface area contributed by atoms with E-state index in [9.17, 15) is 0 Å². The van der Waals surface area contributed by atoms with Crippen molar-refractivity contribution in [1.29, 1.82) is 0 Å². The Kier molecular flexibility index (Phi) is 16.9. The molecule has 2 atom stereocenters. The Morgan fingerprint density at radius 3 is 1.41 bits per heavy atom. The van der Waals surface area contributed by atoms with Crippen LogP contribution in [-0.4, -0.2) is 0 Å². The zero-order valence-corrected chi connectivity index (χ0v) is 16.2. The first-order valence-electron chi connectivity index (χ1n) is 10.4. The molecule has 0 fully saturated rings. The van der Waals surface area contributed by atoms with Gasteiger partial charge in [-0.05, 0) is 18.3 Å². The van der Waals surface area contributed by atoms with E-state index in [0.29, 0.717) is 0 Å². The molecule has 0 bridgehead atoms. The van der Waals surface area contributed by atoms with Gasteiger partial charge >= 0.3 is 0 Å². The lowest BCUT2D eigenvalue weighted by atomic mass is 9.99. The van der Waals surface area contributed by atoms with Crippen LogP contribution in [0.1, 0.15) is 118 Å². The van der Waals surface area contributed by atoms with Crippen LogP contribution >= 0.6 is 0 Å². The first kappa shape index (κ1) is 21.7. The van der Waals surface area contributed by atoms with E-state index in [0.717, 1.165) is 11.8 Å². The Bertz CT molecular complexity index is 228. The molecule has 0 amide bonds. The summed E-state index contributed by atoms with van der Waals surface area (Å²) >= 11 is 0. The van der Waals surface area contributed by atoms with E-state index < -0.39 is 0 Å². The summed E-state index contributed by atoms with van der Waals surface area (Å²) in [6, 6.07) is 0. The van der Waals surface area contributed by atoms with Crippen LogP contribution in [0.15, 0.2) is 12.2 Å². The van der Waals surface area contributed by atoms with Crippen molar-refractivity contribution in [1.82, 2.24) is 0 Å². The molecule has 0 aromatic rings. The Balaban J connectivity index is 3.21. The molecule has 0 spiro atoms. The Morgan fingerprint density at radius 1 is 0.545 bits per heavy atom. The van der Waals surface area contributed by atoms with Crippen molar-refractivity contribution in [3.8, 4) is 0 Å². The van der Waals surface area contributed by atoms with Gasteiger partial charge in [-0.3, -0.25) is 0 Å². The van der Waals surface area contributed by atoms with Gasteiger partial charge in [0.2, 0.25) is 0 Å². The molecule has 0 aliphatic heterocycles. The zero-order chi connectivity index (χ0) is 16.5. The molecule has 0 aromatic carbocycles. The quantitative estimate of drug-likeness (QED) is 0.198. The second-order valence-corrected chi connectivity index (χ2v) is 7.43. The van der Waals surface area contributed by atoms with Crippen molar-refractivity contribution in [2.45, 2.75) is 118 Å². The van der Waals surface area contributed by atoms with Crippen molar-refractivity contribution >= 4 is 0 Å². The minimum Gasteiger partial charge on any atom is -0.0854 e. The summed E-state index contributed by atoms with van der Waals surface area (Å²) in [6.07, 6.45) is 24.9. The largest absolute Gasteiger partial charge is 0.0854 e. The van der Waals surface area contributed by atoms with E-state index in [1.165, 1.54) is 89.9 Å². The van der Waals surface area contributed by atoms with E-state index in [1.807, 2.05) is 0 Å². The predicted molar refractivity (Wildman–Crippen MR) is 103 cm³/mol. The molecule has 0 N–H and O–H groups in total. The number of hydrogen-bond acceptors (Lipinski definition) is 0. The molecule has 0 nitrogen and oxygen atoms in total. The Labute approximate surface area is 142 Å². The molecule has 0 radical (unpaired) electrons. The van der Waals surface area contributed by atoms with Gasteiger partial charge in [-0.2, -0.15) is 0 Å². The van der Waals surface area contributed by atoms with Crippen LogP contribution < -0.4 is 0 Å². The summed E-state index contributed by atoms with van der Waals surface area (Å²) in [5.41, 5.74) is 0. The van der Waals surface area contributed by atoms with Crippen LogP contribution in [0.4, 0.5) is 0 Å². The van der Waals surface area contributed by atoms with Gasteiger partial charge in [-0.1, -0.05) is 123 Å². The highest BCUT2D eigenvalue weighted by Gasteiger charge is 1.99. The van der Waals surface area contributed by atoms with Gasteiger partial charge in [0.25, 0.3) is 0 Å². The van der Waals surface area contributed by atoms with Crippen LogP contribution in [0.2, 0.25) is 0 Å². The molecule has 0 unspecified atom stereocenters. The topological polar surface area (TPSA) is 0 Å². The molecule has 0 heterocycles. The maximum atomic E-state index is 2.44. The van der Waals surface area contributed by atoms with E-state index in [4.69, 9.17) is 0 Å². The standard InChI is InChI=1S/C22H44/c1-5-7-8-9-10-11-12-13-14-15-16-17-18-22(4)20-19-21(3)6-2/h19-22H,5-18H2,1-4H3/b20-19-/t21-,22+/m1/s1. The van der Waals surface area contributed by atoms with Crippen LogP contribution in [0.25, 0.3) is 0 Å². The molecule has 0 aliphatic carbocycles. The van der Waals surface area contributed by atoms with Gasteiger partial charge in [-0.15, -0.1) is 0 Å². The Hall–Kier alpha value is -0.260. The highest BCUT2D eigenvalue weighted by atomic mass is 14.1. The maximum absolute atomic E-state index is 2.44. The normalized spacial score (nSPS) is 14.5. The molecule has 0 saturated carbocycles. The van der Waals surface area contributed by atoms with Crippen molar-refractivity contribution in [2.24, 2.45) is 11.8 Å². The van der Waals surface area contributed by atoms with Crippen molar-refractivity contribution in [2.75, 3.05) is 0 Å². The van der Waals surface area contributed by atoms with E-state index in [-0.39, 0.29) is 0 Å². The van der Waals surface area contributed by atoms with Gasteiger partial charge < -0.3 is 0 Å².